The van der Waals surface area contributed by atoms with E-state index in [0.29, 0.717) is 0 Å². The molecule has 18 heavy (non-hydrogen) atoms. The van der Waals surface area contributed by atoms with Gasteiger partial charge in [0.05, 0.1) is 0 Å². The minimum absolute atomic E-state index is 0.00250. The van der Waals surface area contributed by atoms with Gasteiger partial charge < -0.3 is 9.59 Å². The number of hydrogen-bond donors (Lipinski definition) is 0. The Kier molecular flexibility index (Phi) is 10.1. The fourth-order valence-corrected chi connectivity index (χ4v) is 1.37. The number of rotatable bonds is 2. The van der Waals surface area contributed by atoms with Crippen molar-refractivity contribution < 1.29 is 9.59 Å². The van der Waals surface area contributed by atoms with Crippen molar-refractivity contribution >= 4 is 13.1 Å². The van der Waals surface area contributed by atoms with Gasteiger partial charge in [-0.05, 0) is 16.5 Å². The first kappa shape index (κ1) is 18.9. The highest BCUT2D eigenvalue weighted by molar-refractivity contribution is 5.61. The molecule has 1 unspecified atom stereocenters. The highest BCUT2D eigenvalue weighted by atomic mass is 16.1. The second-order valence-electron chi connectivity index (χ2n) is 4.80. The molecule has 1 aromatic rings. The van der Waals surface area contributed by atoms with E-state index in [1.165, 1.54) is 5.56 Å². The molecule has 0 aliphatic heterocycles. The molecule has 0 bridgehead atoms. The maximum atomic E-state index is 10.7. The Morgan fingerprint density at radius 1 is 1.17 bits per heavy atom. The molecule has 0 aromatic heterocycles. The summed E-state index contributed by atoms with van der Waals surface area (Å²) >= 11 is 0. The normalized spacial score (nSPS) is 11.2. The van der Waals surface area contributed by atoms with Crippen LogP contribution in [-0.4, -0.2) is 13.1 Å². The molecular formula is C16H26O2. The summed E-state index contributed by atoms with van der Waals surface area (Å²) in [4.78, 5) is 18.7. The minimum Gasteiger partial charge on any atom is -0.307 e. The monoisotopic (exact) mass is 250 g/mol. The standard InChI is InChI=1S/C13H18O.C2H6.CH2O/c1-10(9-14)11-6-5-7-12(8-11)13(2,3)4;2*1-2/h5-10H,1-4H3;1-2H3;1H2. The first-order valence-electron chi connectivity index (χ1n) is 6.30. The summed E-state index contributed by atoms with van der Waals surface area (Å²) in [5, 5.41) is 0. The van der Waals surface area contributed by atoms with Crippen LogP contribution in [0.5, 0.6) is 0 Å². The van der Waals surface area contributed by atoms with Crippen LogP contribution in [-0.2, 0) is 15.0 Å². The van der Waals surface area contributed by atoms with Crippen LogP contribution in [0, 0.1) is 0 Å². The summed E-state index contributed by atoms with van der Waals surface area (Å²) in [5.41, 5.74) is 2.54. The number of aldehydes is 1. The lowest BCUT2D eigenvalue weighted by molar-refractivity contribution is -0.108. The minimum atomic E-state index is -0.00250. The van der Waals surface area contributed by atoms with Gasteiger partial charge in [-0.2, -0.15) is 0 Å². The van der Waals surface area contributed by atoms with Crippen LogP contribution in [0.2, 0.25) is 0 Å². The van der Waals surface area contributed by atoms with Crippen molar-refractivity contribution in [3.8, 4) is 0 Å². The van der Waals surface area contributed by atoms with E-state index in [1.807, 2.05) is 39.7 Å². The zero-order chi connectivity index (χ0) is 14.8. The maximum Gasteiger partial charge on any atom is 0.127 e. The fourth-order valence-electron chi connectivity index (χ4n) is 1.37. The van der Waals surface area contributed by atoms with Gasteiger partial charge in [-0.3, -0.25) is 0 Å². The number of benzene rings is 1. The SMILES string of the molecule is C=O.CC.CC(C=O)c1cccc(C(C)(C)C)c1. The number of hydrogen-bond acceptors (Lipinski definition) is 2. The Labute approximate surface area is 111 Å². The molecule has 0 heterocycles. The third kappa shape index (κ3) is 6.33. The fraction of sp³-hybridized carbons (Fsp3) is 0.500. The van der Waals surface area contributed by atoms with Gasteiger partial charge in [0.15, 0.2) is 0 Å². The molecule has 0 aliphatic rings. The van der Waals surface area contributed by atoms with Gasteiger partial charge >= 0.3 is 0 Å². The summed E-state index contributed by atoms with van der Waals surface area (Å²) in [6, 6.07) is 8.27. The lowest BCUT2D eigenvalue weighted by atomic mass is 9.85. The van der Waals surface area contributed by atoms with Crippen molar-refractivity contribution in [2.75, 3.05) is 0 Å². The van der Waals surface area contributed by atoms with E-state index in [0.717, 1.165) is 11.8 Å². The molecule has 1 atom stereocenters. The molecule has 1 aromatic carbocycles. The number of carbonyl (C=O) groups excluding carboxylic acids is 2. The predicted molar refractivity (Wildman–Crippen MR) is 78.1 cm³/mol. The molecule has 0 N–H and O–H groups in total. The van der Waals surface area contributed by atoms with E-state index in [4.69, 9.17) is 4.79 Å². The zero-order valence-electron chi connectivity index (χ0n) is 12.5. The van der Waals surface area contributed by atoms with Gasteiger partial charge in [0.2, 0.25) is 0 Å². The average Bonchev–Trinajstić information content (AvgIpc) is 2.41. The zero-order valence-corrected chi connectivity index (χ0v) is 12.5. The lowest BCUT2D eigenvalue weighted by Gasteiger charge is -2.20. The predicted octanol–water partition coefficient (Wildman–Crippen LogP) is 4.13. The van der Waals surface area contributed by atoms with Crippen LogP contribution < -0.4 is 0 Å². The van der Waals surface area contributed by atoms with E-state index in [2.05, 4.69) is 32.9 Å². The molecule has 2 nitrogen and oxygen atoms in total. The highest BCUT2D eigenvalue weighted by Crippen LogP contribution is 2.24. The van der Waals surface area contributed by atoms with Crippen molar-refractivity contribution in [1.29, 1.82) is 0 Å². The van der Waals surface area contributed by atoms with Gasteiger partial charge in [-0.1, -0.05) is 65.8 Å². The van der Waals surface area contributed by atoms with Gasteiger partial charge in [0, 0.05) is 5.92 Å². The van der Waals surface area contributed by atoms with Crippen molar-refractivity contribution in [1.82, 2.24) is 0 Å². The smallest absolute Gasteiger partial charge is 0.127 e. The summed E-state index contributed by atoms with van der Waals surface area (Å²) in [6.07, 6.45) is 0.988. The van der Waals surface area contributed by atoms with Crippen LogP contribution in [0.4, 0.5) is 0 Å². The van der Waals surface area contributed by atoms with Gasteiger partial charge in [0.1, 0.15) is 13.1 Å². The molecule has 0 aliphatic carbocycles. The summed E-state index contributed by atoms with van der Waals surface area (Å²) in [6.45, 7) is 14.5. The first-order chi connectivity index (χ1) is 8.45. The Hall–Kier alpha value is -1.44. The molecule has 0 radical (unpaired) electrons. The Morgan fingerprint density at radius 3 is 2.06 bits per heavy atom. The Morgan fingerprint density at radius 2 is 1.67 bits per heavy atom. The maximum absolute atomic E-state index is 10.7. The van der Waals surface area contributed by atoms with Crippen LogP contribution in [0.25, 0.3) is 0 Å². The van der Waals surface area contributed by atoms with Crippen molar-refractivity contribution in [3.63, 3.8) is 0 Å². The molecule has 102 valence electrons. The van der Waals surface area contributed by atoms with E-state index >= 15 is 0 Å². The topological polar surface area (TPSA) is 34.1 Å². The molecule has 0 spiro atoms. The second-order valence-corrected chi connectivity index (χ2v) is 4.80. The van der Waals surface area contributed by atoms with E-state index in [-0.39, 0.29) is 11.3 Å². The highest BCUT2D eigenvalue weighted by Gasteiger charge is 2.14. The number of carbonyl (C=O) groups is 2. The Bertz CT molecular complexity index is 337. The Balaban J connectivity index is 0. The van der Waals surface area contributed by atoms with Crippen LogP contribution in [0.3, 0.4) is 0 Å². The van der Waals surface area contributed by atoms with Crippen molar-refractivity contribution in [2.45, 2.75) is 52.9 Å². The summed E-state index contributed by atoms with van der Waals surface area (Å²) in [7, 11) is 0. The molecule has 0 saturated carbocycles. The third-order valence-electron chi connectivity index (χ3n) is 2.48. The van der Waals surface area contributed by atoms with Crippen LogP contribution in [0.15, 0.2) is 24.3 Å². The first-order valence-corrected chi connectivity index (χ1v) is 6.30. The van der Waals surface area contributed by atoms with Gasteiger partial charge in [-0.15, -0.1) is 0 Å². The van der Waals surface area contributed by atoms with Crippen LogP contribution in [0.1, 0.15) is 58.6 Å². The molecule has 2 heteroatoms. The summed E-state index contributed by atoms with van der Waals surface area (Å²) in [5.74, 6) is -0.00250. The molecule has 0 saturated heterocycles. The molecule has 0 fully saturated rings. The van der Waals surface area contributed by atoms with Gasteiger partial charge in [0.25, 0.3) is 0 Å². The average molecular weight is 250 g/mol. The van der Waals surface area contributed by atoms with E-state index in [1.54, 1.807) is 0 Å². The third-order valence-corrected chi connectivity index (χ3v) is 2.48. The molecule has 1 rings (SSSR count). The van der Waals surface area contributed by atoms with Gasteiger partial charge in [-0.25, -0.2) is 0 Å². The largest absolute Gasteiger partial charge is 0.307 e. The second kappa shape index (κ2) is 9.58. The van der Waals surface area contributed by atoms with E-state index in [9.17, 15) is 4.79 Å². The molecule has 0 amide bonds. The van der Waals surface area contributed by atoms with E-state index < -0.39 is 0 Å². The lowest BCUT2D eigenvalue weighted by Crippen LogP contribution is -2.11. The van der Waals surface area contributed by atoms with Crippen molar-refractivity contribution in [3.05, 3.63) is 35.4 Å². The molecular weight excluding hydrogens is 224 g/mol. The van der Waals surface area contributed by atoms with Crippen molar-refractivity contribution in [2.24, 2.45) is 0 Å². The van der Waals surface area contributed by atoms with Crippen LogP contribution >= 0.6 is 0 Å². The summed E-state index contributed by atoms with van der Waals surface area (Å²) < 4.78 is 0. The quantitative estimate of drug-likeness (QED) is 0.740.